The van der Waals surface area contributed by atoms with Crippen LogP contribution in [0.25, 0.3) is 0 Å². The van der Waals surface area contributed by atoms with E-state index in [-0.39, 0.29) is 30.0 Å². The van der Waals surface area contributed by atoms with Crippen molar-refractivity contribution < 1.29 is 4.79 Å². The quantitative estimate of drug-likeness (QED) is 0.877. The van der Waals surface area contributed by atoms with E-state index in [2.05, 4.69) is 15.0 Å². The van der Waals surface area contributed by atoms with Crippen molar-refractivity contribution in [3.8, 4) is 0 Å². The third-order valence-corrected chi connectivity index (χ3v) is 4.60. The predicted molar refractivity (Wildman–Crippen MR) is 93.0 cm³/mol. The molecule has 1 aliphatic heterocycles. The molecule has 0 atom stereocenters. The zero-order valence-corrected chi connectivity index (χ0v) is 14.5. The molecule has 0 unspecified atom stereocenters. The number of rotatable bonds is 3. The van der Waals surface area contributed by atoms with E-state index in [1.54, 1.807) is 24.1 Å². The van der Waals surface area contributed by atoms with Gasteiger partial charge < -0.3 is 10.6 Å². The van der Waals surface area contributed by atoms with Crippen LogP contribution in [0.4, 0.5) is 5.95 Å². The molecule has 1 fully saturated rings. The molecule has 3 heterocycles. The molecule has 2 aromatic heterocycles. The minimum atomic E-state index is -0.378. The lowest BCUT2D eigenvalue weighted by atomic mass is 9.93. The van der Waals surface area contributed by atoms with Crippen LogP contribution in [-0.2, 0) is 11.3 Å². The van der Waals surface area contributed by atoms with Crippen LogP contribution < -0.4 is 11.4 Å². The fourth-order valence-corrected chi connectivity index (χ4v) is 3.24. The first-order valence-corrected chi connectivity index (χ1v) is 8.35. The molecule has 132 valence electrons. The Kier molecular flexibility index (Phi) is 4.78. The number of hydrogen-bond acceptors (Lipinski definition) is 6. The van der Waals surface area contributed by atoms with Gasteiger partial charge in [-0.15, -0.1) is 0 Å². The zero-order chi connectivity index (χ0) is 18.0. The molecule has 0 aromatic carbocycles. The maximum atomic E-state index is 12.5. The Bertz CT molecular complexity index is 839. The number of carbonyl (C=O) groups excluding carboxylic acids is 1. The molecule has 8 nitrogen and oxygen atoms in total. The molecule has 1 aliphatic rings. The minimum Gasteiger partial charge on any atom is -0.368 e. The maximum absolute atomic E-state index is 12.5. The number of piperidine rings is 1. The van der Waals surface area contributed by atoms with Crippen LogP contribution in [0.15, 0.2) is 23.1 Å². The molecule has 0 saturated carbocycles. The van der Waals surface area contributed by atoms with E-state index in [1.807, 2.05) is 13.0 Å². The van der Waals surface area contributed by atoms with Gasteiger partial charge in [-0.2, -0.15) is 4.98 Å². The average molecular weight is 342 g/mol. The molecule has 8 heteroatoms. The number of amides is 1. The van der Waals surface area contributed by atoms with Gasteiger partial charge in [-0.05, 0) is 38.8 Å². The number of likely N-dealkylation sites (tertiary alicyclic amines) is 1. The highest BCUT2D eigenvalue weighted by atomic mass is 16.2. The topological polar surface area (TPSA) is 107 Å². The van der Waals surface area contributed by atoms with E-state index in [0.29, 0.717) is 18.8 Å². The SMILES string of the molecule is Cc1cc(C)n(CC(=O)N2CCC(c3ccnc(N)n3)CC2)c(=O)n1. The summed E-state index contributed by atoms with van der Waals surface area (Å²) in [5.41, 5.74) is 7.60. The Morgan fingerprint density at radius 3 is 2.64 bits per heavy atom. The van der Waals surface area contributed by atoms with Crippen LogP contribution in [-0.4, -0.2) is 43.4 Å². The van der Waals surface area contributed by atoms with Gasteiger partial charge in [-0.1, -0.05) is 0 Å². The van der Waals surface area contributed by atoms with Gasteiger partial charge >= 0.3 is 5.69 Å². The summed E-state index contributed by atoms with van der Waals surface area (Å²) in [5.74, 6) is 0.495. The number of anilines is 1. The van der Waals surface area contributed by atoms with Crippen LogP contribution in [0.5, 0.6) is 0 Å². The van der Waals surface area contributed by atoms with Gasteiger partial charge in [0.2, 0.25) is 11.9 Å². The fourth-order valence-electron chi connectivity index (χ4n) is 3.24. The monoisotopic (exact) mass is 342 g/mol. The molecule has 0 spiro atoms. The van der Waals surface area contributed by atoms with Crippen LogP contribution in [0.2, 0.25) is 0 Å². The van der Waals surface area contributed by atoms with E-state index in [0.717, 1.165) is 24.2 Å². The third kappa shape index (κ3) is 3.84. The Balaban J connectivity index is 1.63. The summed E-state index contributed by atoms with van der Waals surface area (Å²) in [6, 6.07) is 3.68. The summed E-state index contributed by atoms with van der Waals surface area (Å²) >= 11 is 0. The van der Waals surface area contributed by atoms with Crippen LogP contribution in [0, 0.1) is 13.8 Å². The largest absolute Gasteiger partial charge is 0.368 e. The van der Waals surface area contributed by atoms with Gasteiger partial charge in [0.15, 0.2) is 0 Å². The molecule has 0 aliphatic carbocycles. The lowest BCUT2D eigenvalue weighted by molar-refractivity contribution is -0.133. The Morgan fingerprint density at radius 2 is 2.00 bits per heavy atom. The van der Waals surface area contributed by atoms with Crippen molar-refractivity contribution in [3.05, 3.63) is 45.9 Å². The smallest absolute Gasteiger partial charge is 0.348 e. The highest BCUT2D eigenvalue weighted by Crippen LogP contribution is 2.26. The zero-order valence-electron chi connectivity index (χ0n) is 14.5. The fraction of sp³-hybridized carbons (Fsp3) is 0.471. The van der Waals surface area contributed by atoms with Gasteiger partial charge in [-0.3, -0.25) is 9.36 Å². The van der Waals surface area contributed by atoms with Gasteiger partial charge in [0.25, 0.3) is 0 Å². The lowest BCUT2D eigenvalue weighted by Crippen LogP contribution is -2.42. The number of nitrogen functional groups attached to an aromatic ring is 1. The molecular formula is C17H22N6O2. The first-order valence-electron chi connectivity index (χ1n) is 8.35. The number of hydrogen-bond donors (Lipinski definition) is 1. The summed E-state index contributed by atoms with van der Waals surface area (Å²) in [4.78, 5) is 38.4. The van der Waals surface area contributed by atoms with E-state index in [9.17, 15) is 9.59 Å². The molecule has 2 aromatic rings. The maximum Gasteiger partial charge on any atom is 0.348 e. The van der Waals surface area contributed by atoms with Gasteiger partial charge in [0.05, 0.1) is 0 Å². The second-order valence-electron chi connectivity index (χ2n) is 6.40. The summed E-state index contributed by atoms with van der Waals surface area (Å²) in [6.45, 7) is 4.89. The highest BCUT2D eigenvalue weighted by Gasteiger charge is 2.25. The van der Waals surface area contributed by atoms with Crippen molar-refractivity contribution >= 4 is 11.9 Å². The van der Waals surface area contributed by atoms with Crippen molar-refractivity contribution in [2.75, 3.05) is 18.8 Å². The molecule has 25 heavy (non-hydrogen) atoms. The molecule has 0 bridgehead atoms. The van der Waals surface area contributed by atoms with Crippen LogP contribution >= 0.6 is 0 Å². The van der Waals surface area contributed by atoms with Gasteiger partial charge in [0, 0.05) is 42.3 Å². The van der Waals surface area contributed by atoms with Gasteiger partial charge in [0.1, 0.15) is 6.54 Å². The Morgan fingerprint density at radius 1 is 1.28 bits per heavy atom. The summed E-state index contributed by atoms with van der Waals surface area (Å²) in [7, 11) is 0. The van der Waals surface area contributed by atoms with Crippen molar-refractivity contribution in [1.29, 1.82) is 0 Å². The Hall–Kier alpha value is -2.77. The number of nitrogens with zero attached hydrogens (tertiary/aromatic N) is 5. The second-order valence-corrected chi connectivity index (χ2v) is 6.40. The Labute approximate surface area is 145 Å². The third-order valence-electron chi connectivity index (χ3n) is 4.60. The molecule has 3 rings (SSSR count). The van der Waals surface area contributed by atoms with Crippen molar-refractivity contribution in [3.63, 3.8) is 0 Å². The van der Waals surface area contributed by atoms with Crippen molar-refractivity contribution in [2.45, 2.75) is 39.2 Å². The van der Waals surface area contributed by atoms with E-state index >= 15 is 0 Å². The molecule has 1 amide bonds. The minimum absolute atomic E-state index is 0.0308. The first-order chi connectivity index (χ1) is 11.9. The number of aryl methyl sites for hydroxylation is 2. The normalized spacial score (nSPS) is 15.4. The molecular weight excluding hydrogens is 320 g/mol. The number of carbonyl (C=O) groups is 1. The van der Waals surface area contributed by atoms with E-state index in [1.165, 1.54) is 4.57 Å². The molecule has 1 saturated heterocycles. The van der Waals surface area contributed by atoms with Gasteiger partial charge in [-0.25, -0.2) is 14.8 Å². The summed E-state index contributed by atoms with van der Waals surface area (Å²) < 4.78 is 1.42. The number of aromatic nitrogens is 4. The van der Waals surface area contributed by atoms with Crippen LogP contribution in [0.1, 0.15) is 35.8 Å². The first kappa shape index (κ1) is 17.1. The molecule has 2 N–H and O–H groups in total. The van der Waals surface area contributed by atoms with E-state index in [4.69, 9.17) is 5.73 Å². The second kappa shape index (κ2) is 7.00. The molecule has 0 radical (unpaired) electrons. The average Bonchev–Trinajstić information content (AvgIpc) is 2.58. The lowest BCUT2D eigenvalue weighted by Gasteiger charge is -2.32. The predicted octanol–water partition coefficient (Wildman–Crippen LogP) is 0.639. The summed E-state index contributed by atoms with van der Waals surface area (Å²) in [6.07, 6.45) is 3.30. The number of nitrogens with two attached hydrogens (primary N) is 1. The van der Waals surface area contributed by atoms with Crippen LogP contribution in [0.3, 0.4) is 0 Å². The van der Waals surface area contributed by atoms with E-state index < -0.39 is 0 Å². The standard InChI is InChI=1S/C17H22N6O2/c1-11-9-12(2)23(17(25)20-11)10-15(24)22-7-4-13(5-8-22)14-3-6-19-16(18)21-14/h3,6,9,13H,4-5,7-8,10H2,1-2H3,(H2,18,19,21). The summed E-state index contributed by atoms with van der Waals surface area (Å²) in [5, 5.41) is 0. The van der Waals surface area contributed by atoms with Crippen molar-refractivity contribution in [2.24, 2.45) is 0 Å². The van der Waals surface area contributed by atoms with Crippen molar-refractivity contribution in [1.82, 2.24) is 24.4 Å². The highest BCUT2D eigenvalue weighted by molar-refractivity contribution is 5.76.